The number of rotatable bonds is 1. The molecule has 0 bridgehead atoms. The van der Waals surface area contributed by atoms with E-state index in [0.717, 1.165) is 6.42 Å². The van der Waals surface area contributed by atoms with Gasteiger partial charge in [-0.2, -0.15) is 0 Å². The Hall–Kier alpha value is -1.56. The number of benzene rings is 1. The summed E-state index contributed by atoms with van der Waals surface area (Å²) >= 11 is 0. The van der Waals surface area contributed by atoms with Crippen LogP contribution in [0.25, 0.3) is 0 Å². The maximum Gasteiger partial charge on any atom is 0.221 e. The summed E-state index contributed by atoms with van der Waals surface area (Å²) in [7, 11) is -3.33. The Morgan fingerprint density at radius 2 is 2.11 bits per heavy atom. The third-order valence-corrected chi connectivity index (χ3v) is 6.46. The molecule has 1 aliphatic carbocycles. The number of sulfone groups is 1. The summed E-state index contributed by atoms with van der Waals surface area (Å²) in [6.45, 7) is 1.62. The zero-order chi connectivity index (χ0) is 13.7. The molecule has 5 nitrogen and oxygen atoms in total. The number of nitrogens with one attached hydrogen (secondary N) is 1. The number of carbonyl (C=O) groups is 1. The quantitative estimate of drug-likeness (QED) is 0.851. The Morgan fingerprint density at radius 1 is 1.37 bits per heavy atom. The van der Waals surface area contributed by atoms with Crippen molar-refractivity contribution in [3.63, 3.8) is 0 Å². The number of anilines is 1. The average molecular weight is 281 g/mol. The Bertz CT molecular complexity index is 647. The number of ether oxygens (including phenoxy) is 1. The monoisotopic (exact) mass is 281 g/mol. The van der Waals surface area contributed by atoms with Gasteiger partial charge >= 0.3 is 0 Å². The third kappa shape index (κ3) is 1.74. The SMILES string of the molecule is CC(=O)Nc1ccc2c(c1)OCC1(CCC1)S2(=O)=O. The maximum absolute atomic E-state index is 12.6. The lowest BCUT2D eigenvalue weighted by molar-refractivity contribution is -0.114. The number of fused-ring (bicyclic) bond motifs is 1. The zero-order valence-electron chi connectivity index (χ0n) is 10.6. The Labute approximate surface area is 111 Å². The van der Waals surface area contributed by atoms with E-state index in [9.17, 15) is 13.2 Å². The van der Waals surface area contributed by atoms with Crippen LogP contribution < -0.4 is 10.1 Å². The molecule has 1 aromatic rings. The first-order valence-corrected chi connectivity index (χ1v) is 7.72. The van der Waals surface area contributed by atoms with Crippen molar-refractivity contribution in [2.75, 3.05) is 11.9 Å². The maximum atomic E-state index is 12.6. The fourth-order valence-electron chi connectivity index (χ4n) is 2.63. The molecule has 0 aromatic heterocycles. The first-order chi connectivity index (χ1) is 8.95. The van der Waals surface area contributed by atoms with E-state index in [1.165, 1.54) is 13.0 Å². The van der Waals surface area contributed by atoms with Crippen LogP contribution in [0.15, 0.2) is 23.1 Å². The van der Waals surface area contributed by atoms with Gasteiger partial charge < -0.3 is 10.1 Å². The fraction of sp³-hybridized carbons (Fsp3) is 0.462. The molecular formula is C13H15NO4S. The molecule has 1 aliphatic heterocycles. The van der Waals surface area contributed by atoms with Gasteiger partial charge in [0.05, 0.1) is 0 Å². The molecule has 0 unspecified atom stereocenters. The molecule has 1 amide bonds. The Morgan fingerprint density at radius 3 is 2.68 bits per heavy atom. The number of carbonyl (C=O) groups excluding carboxylic acids is 1. The predicted octanol–water partition coefficient (Wildman–Crippen LogP) is 1.73. The first kappa shape index (κ1) is 12.5. The molecule has 1 spiro atoms. The summed E-state index contributed by atoms with van der Waals surface area (Å²) in [5.41, 5.74) is 0.547. The van der Waals surface area contributed by atoms with Crippen LogP contribution in [0.5, 0.6) is 5.75 Å². The van der Waals surface area contributed by atoms with Crippen molar-refractivity contribution in [1.29, 1.82) is 0 Å². The molecule has 1 saturated carbocycles. The normalized spacial score (nSPS) is 21.9. The van der Waals surface area contributed by atoms with E-state index in [1.54, 1.807) is 12.1 Å². The van der Waals surface area contributed by atoms with E-state index in [1.807, 2.05) is 0 Å². The zero-order valence-corrected chi connectivity index (χ0v) is 11.4. The summed E-state index contributed by atoms with van der Waals surface area (Å²) in [5, 5.41) is 2.62. The molecule has 3 rings (SSSR count). The lowest BCUT2D eigenvalue weighted by Gasteiger charge is -2.43. The van der Waals surface area contributed by atoms with E-state index in [2.05, 4.69) is 5.32 Å². The van der Waals surface area contributed by atoms with Crippen LogP contribution in [0.4, 0.5) is 5.69 Å². The van der Waals surface area contributed by atoms with Gasteiger partial charge in [-0.1, -0.05) is 0 Å². The molecule has 1 heterocycles. The molecule has 0 radical (unpaired) electrons. The van der Waals surface area contributed by atoms with Crippen LogP contribution in [0.1, 0.15) is 26.2 Å². The van der Waals surface area contributed by atoms with Crippen molar-refractivity contribution in [2.45, 2.75) is 35.8 Å². The predicted molar refractivity (Wildman–Crippen MR) is 70.0 cm³/mol. The second-order valence-electron chi connectivity index (χ2n) is 5.17. The number of amides is 1. The number of hydrogen-bond acceptors (Lipinski definition) is 4. The molecule has 6 heteroatoms. The van der Waals surface area contributed by atoms with Crippen molar-refractivity contribution >= 4 is 21.4 Å². The topological polar surface area (TPSA) is 72.5 Å². The highest BCUT2D eigenvalue weighted by atomic mass is 32.2. The van der Waals surface area contributed by atoms with Crippen molar-refractivity contribution in [3.05, 3.63) is 18.2 Å². The highest BCUT2D eigenvalue weighted by Gasteiger charge is 2.53. The van der Waals surface area contributed by atoms with Crippen molar-refractivity contribution in [3.8, 4) is 5.75 Å². The second-order valence-corrected chi connectivity index (χ2v) is 7.48. The van der Waals surface area contributed by atoms with Gasteiger partial charge in [-0.3, -0.25) is 4.79 Å². The summed E-state index contributed by atoms with van der Waals surface area (Å²) in [5.74, 6) is 0.137. The molecule has 1 N–H and O–H groups in total. The minimum atomic E-state index is -3.33. The molecule has 19 heavy (non-hydrogen) atoms. The molecule has 102 valence electrons. The highest BCUT2D eigenvalue weighted by Crippen LogP contribution is 2.48. The van der Waals surface area contributed by atoms with Crippen molar-refractivity contribution in [2.24, 2.45) is 0 Å². The highest BCUT2D eigenvalue weighted by molar-refractivity contribution is 7.93. The molecule has 1 fully saturated rings. The van der Waals surface area contributed by atoms with Gasteiger partial charge in [-0.15, -0.1) is 0 Å². The van der Waals surface area contributed by atoms with Gasteiger partial charge in [0.1, 0.15) is 22.0 Å². The van der Waals surface area contributed by atoms with Crippen LogP contribution in [-0.4, -0.2) is 25.7 Å². The average Bonchev–Trinajstić information content (AvgIpc) is 2.25. The van der Waals surface area contributed by atoms with Crippen LogP contribution in [-0.2, 0) is 14.6 Å². The largest absolute Gasteiger partial charge is 0.490 e. The molecule has 2 aliphatic rings. The van der Waals surface area contributed by atoms with Crippen molar-refractivity contribution < 1.29 is 17.9 Å². The van der Waals surface area contributed by atoms with Gasteiger partial charge in [0, 0.05) is 18.7 Å². The fourth-order valence-corrected chi connectivity index (χ4v) is 4.76. The van der Waals surface area contributed by atoms with Gasteiger partial charge in [-0.25, -0.2) is 8.42 Å². The molecular weight excluding hydrogens is 266 g/mol. The Kier molecular flexibility index (Phi) is 2.60. The molecule has 1 aromatic carbocycles. The molecule has 0 saturated heterocycles. The minimum absolute atomic E-state index is 0.200. The smallest absolute Gasteiger partial charge is 0.221 e. The molecule has 0 atom stereocenters. The lowest BCUT2D eigenvalue weighted by atomic mass is 9.85. The van der Waals surface area contributed by atoms with E-state index in [4.69, 9.17) is 4.74 Å². The van der Waals surface area contributed by atoms with E-state index in [0.29, 0.717) is 24.3 Å². The summed E-state index contributed by atoms with van der Waals surface area (Å²) < 4.78 is 30.0. The summed E-state index contributed by atoms with van der Waals surface area (Å²) in [6, 6.07) is 4.69. The first-order valence-electron chi connectivity index (χ1n) is 6.24. The van der Waals surface area contributed by atoms with Crippen LogP contribution in [0.2, 0.25) is 0 Å². The van der Waals surface area contributed by atoms with Crippen LogP contribution in [0.3, 0.4) is 0 Å². The summed E-state index contributed by atoms with van der Waals surface area (Å²) in [4.78, 5) is 11.2. The number of hydrogen-bond donors (Lipinski definition) is 1. The minimum Gasteiger partial charge on any atom is -0.490 e. The second kappa shape index (κ2) is 3.96. The van der Waals surface area contributed by atoms with Crippen LogP contribution in [0, 0.1) is 0 Å². The van der Waals surface area contributed by atoms with Gasteiger partial charge in [0.2, 0.25) is 5.91 Å². The van der Waals surface area contributed by atoms with E-state index in [-0.39, 0.29) is 17.4 Å². The van der Waals surface area contributed by atoms with E-state index < -0.39 is 14.6 Å². The Balaban J connectivity index is 2.03. The van der Waals surface area contributed by atoms with Crippen LogP contribution >= 0.6 is 0 Å². The van der Waals surface area contributed by atoms with Gasteiger partial charge in [0.15, 0.2) is 9.84 Å². The standard InChI is InChI=1S/C13H15NO4S/c1-9(15)14-10-3-4-12-11(7-10)18-8-13(5-2-6-13)19(12,16)17/h3-4,7H,2,5-6,8H2,1H3,(H,14,15). The lowest BCUT2D eigenvalue weighted by Crippen LogP contribution is -2.52. The van der Waals surface area contributed by atoms with Gasteiger partial charge in [-0.05, 0) is 31.4 Å². The van der Waals surface area contributed by atoms with Crippen molar-refractivity contribution in [1.82, 2.24) is 0 Å². The van der Waals surface area contributed by atoms with Gasteiger partial charge in [0.25, 0.3) is 0 Å². The van der Waals surface area contributed by atoms with E-state index >= 15 is 0 Å². The summed E-state index contributed by atoms with van der Waals surface area (Å²) in [6.07, 6.45) is 2.27. The third-order valence-electron chi connectivity index (χ3n) is 3.88.